The van der Waals surface area contributed by atoms with Crippen LogP contribution in [0.5, 0.6) is 0 Å². The normalized spacial score (nSPS) is 11.8. The highest BCUT2D eigenvalue weighted by Crippen LogP contribution is 2.35. The van der Waals surface area contributed by atoms with Gasteiger partial charge in [0, 0.05) is 46.7 Å². The van der Waals surface area contributed by atoms with E-state index < -0.39 is 0 Å². The molecule has 0 radical (unpaired) electrons. The van der Waals surface area contributed by atoms with E-state index in [9.17, 15) is 0 Å². The zero-order valence-electron chi connectivity index (χ0n) is 18.9. The fraction of sp³-hybridized carbons (Fsp3) is 0. The Hall–Kier alpha value is -4.21. The van der Waals surface area contributed by atoms with E-state index in [2.05, 4.69) is 42.4 Å². The van der Waals surface area contributed by atoms with Crippen LogP contribution in [-0.2, 0) is 0 Å². The van der Waals surface area contributed by atoms with Crippen molar-refractivity contribution in [2.45, 2.75) is 9.79 Å². The van der Waals surface area contributed by atoms with Gasteiger partial charge in [-0.1, -0.05) is 60.7 Å². The SMILES string of the molecule is Sc1c(-c2ccccc2)c[nH]c1/N=c1\ncnc(Nc2[nH]cc(-c3ccccc3)c2S)c2c[nH]cc12. The molecule has 0 spiro atoms. The predicted octanol–water partition coefficient (Wildman–Crippen LogP) is 6.50. The molecule has 0 amide bonds. The van der Waals surface area contributed by atoms with Gasteiger partial charge in [0.05, 0.1) is 9.79 Å². The molecular weight excluding hydrogens is 486 g/mol. The molecule has 0 aliphatic carbocycles. The van der Waals surface area contributed by atoms with Gasteiger partial charge in [-0.15, -0.1) is 25.3 Å². The van der Waals surface area contributed by atoms with Crippen molar-refractivity contribution in [1.29, 1.82) is 0 Å². The van der Waals surface area contributed by atoms with E-state index in [1.165, 1.54) is 6.33 Å². The summed E-state index contributed by atoms with van der Waals surface area (Å²) in [6, 6.07) is 20.2. The molecular formula is C27H21N7S2. The number of aromatic amines is 3. The first-order valence-corrected chi connectivity index (χ1v) is 12.1. The summed E-state index contributed by atoms with van der Waals surface area (Å²) in [5.41, 5.74) is 4.65. The minimum Gasteiger partial charge on any atom is -0.366 e. The quantitative estimate of drug-likeness (QED) is 0.150. The van der Waals surface area contributed by atoms with Gasteiger partial charge < -0.3 is 20.3 Å². The summed E-state index contributed by atoms with van der Waals surface area (Å²) in [6.07, 6.45) is 9.07. The lowest BCUT2D eigenvalue weighted by atomic mass is 10.1. The summed E-state index contributed by atoms with van der Waals surface area (Å²) in [7, 11) is 0. The van der Waals surface area contributed by atoms with Crippen molar-refractivity contribution in [3.8, 4) is 22.3 Å². The Kier molecular flexibility index (Phi) is 5.84. The smallest absolute Gasteiger partial charge is 0.165 e. The Labute approximate surface area is 217 Å². The molecule has 4 N–H and O–H groups in total. The fourth-order valence-electron chi connectivity index (χ4n) is 4.11. The number of nitrogens with one attached hydrogen (secondary N) is 4. The number of benzene rings is 2. The van der Waals surface area contributed by atoms with Gasteiger partial charge >= 0.3 is 0 Å². The van der Waals surface area contributed by atoms with Crippen LogP contribution in [0.2, 0.25) is 0 Å². The number of anilines is 2. The molecule has 6 aromatic rings. The maximum Gasteiger partial charge on any atom is 0.165 e. The highest BCUT2D eigenvalue weighted by molar-refractivity contribution is 7.80. The van der Waals surface area contributed by atoms with Crippen molar-refractivity contribution in [3.05, 3.63) is 97.3 Å². The predicted molar refractivity (Wildman–Crippen MR) is 149 cm³/mol. The second kappa shape index (κ2) is 9.44. The van der Waals surface area contributed by atoms with Crippen LogP contribution in [0.25, 0.3) is 33.0 Å². The number of nitrogens with zero attached hydrogens (tertiary/aromatic N) is 3. The van der Waals surface area contributed by atoms with Gasteiger partial charge in [-0.2, -0.15) is 0 Å². The topological polar surface area (TPSA) is 97.5 Å². The molecule has 7 nitrogen and oxygen atoms in total. The third-order valence-electron chi connectivity index (χ3n) is 5.92. The van der Waals surface area contributed by atoms with Gasteiger partial charge in [0.25, 0.3) is 0 Å². The van der Waals surface area contributed by atoms with Crippen LogP contribution in [0.15, 0.2) is 107 Å². The number of hydrogen-bond donors (Lipinski definition) is 6. The first kappa shape index (κ1) is 22.3. The summed E-state index contributed by atoms with van der Waals surface area (Å²) >= 11 is 9.49. The zero-order chi connectivity index (χ0) is 24.5. The number of H-pyrrole nitrogens is 3. The number of rotatable bonds is 5. The van der Waals surface area contributed by atoms with Crippen molar-refractivity contribution in [2.24, 2.45) is 4.99 Å². The second-order valence-corrected chi connectivity index (χ2v) is 9.02. The Balaban J connectivity index is 1.40. The van der Waals surface area contributed by atoms with Crippen LogP contribution >= 0.6 is 25.3 Å². The van der Waals surface area contributed by atoms with Crippen LogP contribution in [0.4, 0.5) is 17.5 Å². The van der Waals surface area contributed by atoms with E-state index in [0.29, 0.717) is 17.1 Å². The van der Waals surface area contributed by atoms with Crippen LogP contribution < -0.4 is 10.8 Å². The van der Waals surface area contributed by atoms with E-state index in [0.717, 1.165) is 48.6 Å². The molecule has 9 heteroatoms. The highest BCUT2D eigenvalue weighted by Gasteiger charge is 2.13. The molecule has 4 aromatic heterocycles. The van der Waals surface area contributed by atoms with Crippen LogP contribution in [-0.4, -0.2) is 24.9 Å². The molecule has 36 heavy (non-hydrogen) atoms. The first-order valence-electron chi connectivity index (χ1n) is 11.2. The molecule has 0 bridgehead atoms. The van der Waals surface area contributed by atoms with E-state index in [4.69, 9.17) is 30.2 Å². The third-order valence-corrected chi connectivity index (χ3v) is 6.84. The Morgan fingerprint density at radius 2 is 1.33 bits per heavy atom. The van der Waals surface area contributed by atoms with E-state index >= 15 is 0 Å². The molecule has 6 rings (SSSR count). The van der Waals surface area contributed by atoms with Crippen LogP contribution in [0, 0.1) is 0 Å². The molecule has 0 aliphatic rings. The highest BCUT2D eigenvalue weighted by atomic mass is 32.1. The molecule has 0 aliphatic heterocycles. The molecule has 176 valence electrons. The average molecular weight is 508 g/mol. The lowest BCUT2D eigenvalue weighted by Crippen LogP contribution is -2.03. The first-order chi connectivity index (χ1) is 17.7. The summed E-state index contributed by atoms with van der Waals surface area (Å²) < 4.78 is 0. The van der Waals surface area contributed by atoms with Gasteiger partial charge in [0.15, 0.2) is 5.49 Å². The van der Waals surface area contributed by atoms with Gasteiger partial charge in [-0.05, 0) is 11.1 Å². The maximum atomic E-state index is 4.78. The van der Waals surface area contributed by atoms with Gasteiger partial charge in [0.2, 0.25) is 0 Å². The lowest BCUT2D eigenvalue weighted by molar-refractivity contribution is 1.11. The zero-order valence-corrected chi connectivity index (χ0v) is 20.7. The monoisotopic (exact) mass is 507 g/mol. The number of thiol groups is 2. The molecule has 0 fully saturated rings. The van der Waals surface area contributed by atoms with Crippen molar-refractivity contribution < 1.29 is 0 Å². The number of fused-ring (bicyclic) bond motifs is 1. The fourth-order valence-corrected chi connectivity index (χ4v) is 4.74. The number of hydrogen-bond acceptors (Lipinski definition) is 6. The average Bonchev–Trinajstić information content (AvgIpc) is 3.61. The van der Waals surface area contributed by atoms with Crippen molar-refractivity contribution in [1.82, 2.24) is 24.9 Å². The van der Waals surface area contributed by atoms with E-state index in [1.807, 2.05) is 73.3 Å². The molecule has 2 aromatic carbocycles. The standard InChI is InChI=1S/C27H21N7S2/c35-22-18(16-7-3-1-4-8-16)13-29-26(22)33-24-20-11-28-12-21(20)25(32-15-31-24)34-27-23(36)19(14-30-27)17-9-5-2-6-10-17/h1-15,28-30,35-36H,(H,31,32,33,34). The minimum atomic E-state index is 0.520. The maximum absolute atomic E-state index is 4.78. The largest absolute Gasteiger partial charge is 0.366 e. The molecule has 0 saturated carbocycles. The summed E-state index contributed by atoms with van der Waals surface area (Å²) in [4.78, 5) is 25.1. The summed E-state index contributed by atoms with van der Waals surface area (Å²) in [5.74, 6) is 1.99. The number of aromatic nitrogens is 5. The second-order valence-electron chi connectivity index (χ2n) is 8.12. The summed E-state index contributed by atoms with van der Waals surface area (Å²) in [5, 5.41) is 5.02. The Morgan fingerprint density at radius 3 is 2.06 bits per heavy atom. The van der Waals surface area contributed by atoms with Crippen molar-refractivity contribution in [2.75, 3.05) is 5.32 Å². The molecule has 4 heterocycles. The molecule has 0 unspecified atom stereocenters. The van der Waals surface area contributed by atoms with E-state index in [1.54, 1.807) is 0 Å². The van der Waals surface area contributed by atoms with Gasteiger partial charge in [-0.25, -0.2) is 15.0 Å². The lowest BCUT2D eigenvalue weighted by Gasteiger charge is -2.04. The minimum absolute atomic E-state index is 0.520. The van der Waals surface area contributed by atoms with Gasteiger partial charge in [0.1, 0.15) is 23.8 Å². The Bertz CT molecular complexity index is 1740. The van der Waals surface area contributed by atoms with Crippen LogP contribution in [0.1, 0.15) is 0 Å². The van der Waals surface area contributed by atoms with Crippen LogP contribution in [0.3, 0.4) is 0 Å². The van der Waals surface area contributed by atoms with Gasteiger partial charge in [-0.3, -0.25) is 0 Å². The van der Waals surface area contributed by atoms with Crippen molar-refractivity contribution in [3.63, 3.8) is 0 Å². The Morgan fingerprint density at radius 1 is 0.694 bits per heavy atom. The van der Waals surface area contributed by atoms with E-state index in [-0.39, 0.29) is 0 Å². The molecule has 0 saturated heterocycles. The molecule has 0 atom stereocenters. The summed E-state index contributed by atoms with van der Waals surface area (Å²) in [6.45, 7) is 0. The third kappa shape index (κ3) is 4.08. The van der Waals surface area contributed by atoms with Crippen molar-refractivity contribution >= 4 is 53.5 Å².